The van der Waals surface area contributed by atoms with Gasteiger partial charge in [-0.2, -0.15) is 0 Å². The first-order valence-corrected chi connectivity index (χ1v) is 11.1. The molecule has 172 valence electrons. The third-order valence-corrected chi connectivity index (χ3v) is 6.48. The maximum absolute atomic E-state index is 11.1. The minimum Gasteiger partial charge on any atom is -0.497 e. The van der Waals surface area contributed by atoms with E-state index in [0.717, 1.165) is 56.9 Å². The Kier molecular flexibility index (Phi) is 7.17. The van der Waals surface area contributed by atoms with Crippen molar-refractivity contribution in [3.63, 3.8) is 0 Å². The Morgan fingerprint density at radius 2 is 1.88 bits per heavy atom. The number of fused-ring (bicyclic) bond motifs is 1. The number of benzene rings is 2. The zero-order valence-electron chi connectivity index (χ0n) is 18.8. The number of amides is 1. The number of methoxy groups -OCH3 is 2. The molecule has 7 nitrogen and oxygen atoms in total. The van der Waals surface area contributed by atoms with Gasteiger partial charge in [0.25, 0.3) is 5.91 Å². The van der Waals surface area contributed by atoms with Crippen molar-refractivity contribution in [3.05, 3.63) is 53.1 Å². The quantitative estimate of drug-likeness (QED) is 0.680. The van der Waals surface area contributed by atoms with Crippen LogP contribution in [0, 0.1) is 5.92 Å². The van der Waals surface area contributed by atoms with Crippen LogP contribution in [-0.2, 0) is 29.0 Å². The zero-order valence-corrected chi connectivity index (χ0v) is 18.8. The Bertz CT molecular complexity index is 942. The monoisotopic (exact) mass is 440 g/mol. The number of carbonyl (C=O) groups excluding carboxylic acids is 1. The lowest BCUT2D eigenvalue weighted by Crippen LogP contribution is -2.46. The highest BCUT2D eigenvalue weighted by Crippen LogP contribution is 2.35. The van der Waals surface area contributed by atoms with E-state index in [-0.39, 0.29) is 6.61 Å². The third-order valence-electron chi connectivity index (χ3n) is 6.48. The number of carbonyl (C=O) groups is 1. The Labute approximate surface area is 189 Å². The van der Waals surface area contributed by atoms with E-state index in [0.29, 0.717) is 23.5 Å². The van der Waals surface area contributed by atoms with Crippen molar-refractivity contribution in [3.8, 4) is 17.2 Å². The van der Waals surface area contributed by atoms with Gasteiger partial charge in [0, 0.05) is 32.3 Å². The molecule has 0 radical (unpaired) electrons. The Morgan fingerprint density at radius 3 is 2.59 bits per heavy atom. The summed E-state index contributed by atoms with van der Waals surface area (Å²) in [5, 5.41) is 0. The van der Waals surface area contributed by atoms with Crippen LogP contribution in [0.5, 0.6) is 17.2 Å². The van der Waals surface area contributed by atoms with Gasteiger partial charge >= 0.3 is 0 Å². The van der Waals surface area contributed by atoms with E-state index >= 15 is 0 Å². The Morgan fingerprint density at radius 1 is 1.06 bits per heavy atom. The van der Waals surface area contributed by atoms with Gasteiger partial charge in [-0.05, 0) is 66.1 Å². The van der Waals surface area contributed by atoms with Crippen LogP contribution in [0.4, 0.5) is 0 Å². The molecule has 2 aliphatic rings. The second-order valence-electron chi connectivity index (χ2n) is 8.50. The third kappa shape index (κ3) is 5.16. The summed E-state index contributed by atoms with van der Waals surface area (Å²) in [5.41, 5.74) is 9.07. The molecule has 0 bridgehead atoms. The van der Waals surface area contributed by atoms with Gasteiger partial charge in [-0.15, -0.1) is 0 Å². The molecule has 1 saturated heterocycles. The Hall–Kier alpha value is -2.77. The fourth-order valence-corrected chi connectivity index (χ4v) is 4.82. The molecular weight excluding hydrogens is 408 g/mol. The number of nitrogens with zero attached hydrogens (tertiary/aromatic N) is 1. The van der Waals surface area contributed by atoms with E-state index in [1.54, 1.807) is 14.2 Å². The van der Waals surface area contributed by atoms with Gasteiger partial charge in [-0.1, -0.05) is 12.1 Å². The van der Waals surface area contributed by atoms with Crippen LogP contribution in [-0.4, -0.2) is 50.9 Å². The summed E-state index contributed by atoms with van der Waals surface area (Å²) in [5.74, 6) is 2.13. The van der Waals surface area contributed by atoms with Gasteiger partial charge in [0.15, 0.2) is 18.1 Å². The van der Waals surface area contributed by atoms with Gasteiger partial charge in [-0.3, -0.25) is 9.69 Å². The topological polar surface area (TPSA) is 83.3 Å². The van der Waals surface area contributed by atoms with E-state index in [2.05, 4.69) is 17.0 Å². The number of ether oxygens (including phenoxy) is 4. The molecule has 1 amide bonds. The molecule has 2 N–H and O–H groups in total. The lowest BCUT2D eigenvalue weighted by atomic mass is 9.82. The summed E-state index contributed by atoms with van der Waals surface area (Å²) >= 11 is 0. The molecule has 2 aromatic carbocycles. The van der Waals surface area contributed by atoms with Crippen molar-refractivity contribution >= 4 is 5.91 Å². The molecule has 2 heterocycles. The van der Waals surface area contributed by atoms with Crippen molar-refractivity contribution in [1.82, 2.24) is 4.90 Å². The summed E-state index contributed by atoms with van der Waals surface area (Å²) in [6.07, 6.45) is 3.18. The number of primary amides is 1. The average Bonchev–Trinajstić information content (AvgIpc) is 2.82. The molecule has 32 heavy (non-hydrogen) atoms. The van der Waals surface area contributed by atoms with E-state index < -0.39 is 5.91 Å². The second kappa shape index (κ2) is 10.2. The summed E-state index contributed by atoms with van der Waals surface area (Å²) in [6, 6.07) is 12.7. The summed E-state index contributed by atoms with van der Waals surface area (Å²) in [6.45, 7) is 3.19. The smallest absolute Gasteiger partial charge is 0.255 e. The zero-order chi connectivity index (χ0) is 22.5. The molecule has 0 aliphatic carbocycles. The number of nitrogens with two attached hydrogens (primary N) is 1. The molecule has 7 heteroatoms. The molecule has 1 fully saturated rings. The molecule has 0 saturated carbocycles. The van der Waals surface area contributed by atoms with Crippen molar-refractivity contribution in [1.29, 1.82) is 0 Å². The minimum absolute atomic E-state index is 0.173. The standard InChI is InChI=1S/C25H32N2O5/c1-29-21-5-4-19-15-27(22(13-20(19)12-21)18-7-9-31-10-8-18)14-17-3-6-23(24(11-17)30-2)32-16-25(26)28/h3-6,11-12,18,22H,7-10,13-16H2,1-2H3,(H2,26,28)/t22-/m1/s1. The summed E-state index contributed by atoms with van der Waals surface area (Å²) in [4.78, 5) is 13.6. The van der Waals surface area contributed by atoms with Crippen LogP contribution in [0.15, 0.2) is 36.4 Å². The van der Waals surface area contributed by atoms with E-state index in [1.807, 2.05) is 24.3 Å². The van der Waals surface area contributed by atoms with Crippen LogP contribution in [0.25, 0.3) is 0 Å². The molecule has 2 aliphatic heterocycles. The van der Waals surface area contributed by atoms with Crippen LogP contribution < -0.4 is 19.9 Å². The molecule has 2 aromatic rings. The molecular formula is C25H32N2O5. The van der Waals surface area contributed by atoms with E-state index in [1.165, 1.54) is 11.1 Å². The van der Waals surface area contributed by atoms with Crippen molar-refractivity contribution in [2.24, 2.45) is 11.7 Å². The van der Waals surface area contributed by atoms with E-state index in [9.17, 15) is 4.79 Å². The highest BCUT2D eigenvalue weighted by molar-refractivity contribution is 5.75. The molecule has 0 aromatic heterocycles. The van der Waals surface area contributed by atoms with Crippen molar-refractivity contribution < 1.29 is 23.7 Å². The first kappa shape index (κ1) is 22.4. The fraction of sp³-hybridized carbons (Fsp3) is 0.480. The maximum Gasteiger partial charge on any atom is 0.255 e. The van der Waals surface area contributed by atoms with Crippen LogP contribution in [0.2, 0.25) is 0 Å². The minimum atomic E-state index is -0.515. The SMILES string of the molecule is COc1ccc2c(c1)C[C@H](C1CCOCC1)N(Cc1ccc(OCC(N)=O)c(OC)c1)C2. The molecule has 0 spiro atoms. The maximum atomic E-state index is 11.1. The Balaban J connectivity index is 1.57. The van der Waals surface area contributed by atoms with Gasteiger partial charge in [0.05, 0.1) is 14.2 Å². The molecule has 0 unspecified atom stereocenters. The second-order valence-corrected chi connectivity index (χ2v) is 8.50. The van der Waals surface area contributed by atoms with Gasteiger partial charge in [0.2, 0.25) is 0 Å². The summed E-state index contributed by atoms with van der Waals surface area (Å²) in [7, 11) is 3.32. The highest BCUT2D eigenvalue weighted by atomic mass is 16.5. The first-order chi connectivity index (χ1) is 15.6. The van der Waals surface area contributed by atoms with Gasteiger partial charge in [-0.25, -0.2) is 0 Å². The molecule has 4 rings (SSSR count). The lowest BCUT2D eigenvalue weighted by molar-refractivity contribution is -0.119. The van der Waals surface area contributed by atoms with Crippen LogP contribution in [0.3, 0.4) is 0 Å². The normalized spacial score (nSPS) is 19.2. The van der Waals surface area contributed by atoms with Crippen LogP contribution >= 0.6 is 0 Å². The predicted molar refractivity (Wildman–Crippen MR) is 121 cm³/mol. The van der Waals surface area contributed by atoms with Gasteiger partial charge < -0.3 is 24.7 Å². The fourth-order valence-electron chi connectivity index (χ4n) is 4.82. The average molecular weight is 441 g/mol. The summed E-state index contributed by atoms with van der Waals surface area (Å²) < 4.78 is 22.1. The van der Waals surface area contributed by atoms with Crippen molar-refractivity contribution in [2.75, 3.05) is 34.0 Å². The highest BCUT2D eigenvalue weighted by Gasteiger charge is 2.33. The largest absolute Gasteiger partial charge is 0.497 e. The number of hydrogen-bond acceptors (Lipinski definition) is 6. The lowest BCUT2D eigenvalue weighted by Gasteiger charge is -2.42. The molecule has 1 atom stereocenters. The predicted octanol–water partition coefficient (Wildman–Crippen LogP) is 2.92. The first-order valence-electron chi connectivity index (χ1n) is 11.1. The van der Waals surface area contributed by atoms with Gasteiger partial charge in [0.1, 0.15) is 5.75 Å². The number of hydrogen-bond donors (Lipinski definition) is 1. The van der Waals surface area contributed by atoms with E-state index in [4.69, 9.17) is 24.7 Å². The van der Waals surface area contributed by atoms with Crippen molar-refractivity contribution in [2.45, 2.75) is 38.4 Å². The number of rotatable bonds is 8. The van der Waals surface area contributed by atoms with Crippen LogP contribution in [0.1, 0.15) is 29.5 Å².